The summed E-state index contributed by atoms with van der Waals surface area (Å²) in [4.78, 5) is 12.0. The van der Waals surface area contributed by atoms with E-state index in [1.165, 1.54) is 30.3 Å². The Labute approximate surface area is 141 Å². The minimum atomic E-state index is -0.365. The Hall–Kier alpha value is -2.46. The molecule has 0 saturated carbocycles. The third-order valence-electron chi connectivity index (χ3n) is 3.28. The van der Waals surface area contributed by atoms with E-state index in [1.54, 1.807) is 12.1 Å². The zero-order valence-electron chi connectivity index (χ0n) is 12.0. The largest absolute Gasteiger partial charge is 0.457 e. The van der Waals surface area contributed by atoms with Gasteiger partial charge in [0.1, 0.15) is 17.3 Å². The summed E-state index contributed by atoms with van der Waals surface area (Å²) in [6.07, 6.45) is 3.02. The van der Waals surface area contributed by atoms with Gasteiger partial charge in [0.05, 0.1) is 0 Å². The summed E-state index contributed by atoms with van der Waals surface area (Å²) in [5.74, 6) is 0.743. The summed E-state index contributed by atoms with van der Waals surface area (Å²) in [6.45, 7) is 0. The van der Waals surface area contributed by atoms with E-state index in [0.29, 0.717) is 11.3 Å². The van der Waals surface area contributed by atoms with Crippen LogP contribution in [0.15, 0.2) is 75.6 Å². The molecule has 0 bridgehead atoms. The molecule has 0 unspecified atom stereocenters. The molecule has 0 aliphatic rings. The molecule has 1 heterocycles. The van der Waals surface area contributed by atoms with Gasteiger partial charge in [-0.05, 0) is 60.7 Å². The summed E-state index contributed by atoms with van der Waals surface area (Å²) in [5, 5.41) is 0. The van der Waals surface area contributed by atoms with Crippen molar-refractivity contribution in [3.05, 3.63) is 88.4 Å². The van der Waals surface area contributed by atoms with Crippen molar-refractivity contribution in [2.24, 2.45) is 0 Å². The second-order valence-corrected chi connectivity index (χ2v) is 5.83. The number of carbonyl (C=O) groups excluding carboxylic acids is 1. The van der Waals surface area contributed by atoms with Crippen molar-refractivity contribution in [1.29, 1.82) is 0 Å². The summed E-state index contributed by atoms with van der Waals surface area (Å²) >= 11 is 3.39. The van der Waals surface area contributed by atoms with Gasteiger partial charge < -0.3 is 4.42 Å². The van der Waals surface area contributed by atoms with Crippen LogP contribution in [-0.4, -0.2) is 5.78 Å². The van der Waals surface area contributed by atoms with Crippen LogP contribution in [0.1, 0.15) is 16.1 Å². The number of hydrogen-bond acceptors (Lipinski definition) is 2. The Morgan fingerprint density at radius 2 is 1.65 bits per heavy atom. The number of furan rings is 1. The van der Waals surface area contributed by atoms with Gasteiger partial charge in [0.25, 0.3) is 0 Å². The fourth-order valence-corrected chi connectivity index (χ4v) is 2.34. The van der Waals surface area contributed by atoms with Crippen LogP contribution >= 0.6 is 15.9 Å². The van der Waals surface area contributed by atoms with Crippen LogP contribution in [0.2, 0.25) is 0 Å². The Morgan fingerprint density at radius 1 is 0.957 bits per heavy atom. The molecule has 0 spiro atoms. The summed E-state index contributed by atoms with van der Waals surface area (Å²) in [7, 11) is 0. The maximum atomic E-state index is 12.8. The van der Waals surface area contributed by atoms with Gasteiger partial charge in [0, 0.05) is 15.6 Å². The number of halogens is 2. The molecule has 23 heavy (non-hydrogen) atoms. The molecule has 114 valence electrons. The third kappa shape index (κ3) is 3.85. The van der Waals surface area contributed by atoms with Crippen LogP contribution in [0, 0.1) is 5.82 Å². The Morgan fingerprint density at radius 3 is 2.35 bits per heavy atom. The molecule has 0 aliphatic carbocycles. The molecule has 1 aromatic heterocycles. The second kappa shape index (κ2) is 6.75. The van der Waals surface area contributed by atoms with Gasteiger partial charge in [0.2, 0.25) is 0 Å². The molecule has 4 heteroatoms. The van der Waals surface area contributed by atoms with Crippen molar-refractivity contribution < 1.29 is 13.6 Å². The SMILES string of the molecule is O=C(/C=C/c1ccc(-c2ccc(Br)cc2)o1)c1ccc(F)cc1. The highest BCUT2D eigenvalue weighted by Crippen LogP contribution is 2.24. The molecule has 2 aromatic carbocycles. The van der Waals surface area contributed by atoms with E-state index in [9.17, 15) is 9.18 Å². The van der Waals surface area contributed by atoms with E-state index in [-0.39, 0.29) is 11.6 Å². The molecule has 3 aromatic rings. The van der Waals surface area contributed by atoms with Crippen LogP contribution in [0.3, 0.4) is 0 Å². The predicted molar refractivity (Wildman–Crippen MR) is 91.6 cm³/mol. The molecule has 0 amide bonds. The summed E-state index contributed by atoms with van der Waals surface area (Å²) < 4.78 is 19.5. The van der Waals surface area contributed by atoms with Crippen LogP contribution in [0.4, 0.5) is 4.39 Å². The zero-order chi connectivity index (χ0) is 16.2. The number of carbonyl (C=O) groups is 1. The van der Waals surface area contributed by atoms with Gasteiger partial charge in [-0.15, -0.1) is 0 Å². The highest BCUT2D eigenvalue weighted by Gasteiger charge is 2.05. The quantitative estimate of drug-likeness (QED) is 0.432. The molecular weight excluding hydrogens is 359 g/mol. The summed E-state index contributed by atoms with van der Waals surface area (Å²) in [6, 6.07) is 16.8. The van der Waals surface area contributed by atoms with E-state index in [2.05, 4.69) is 15.9 Å². The highest BCUT2D eigenvalue weighted by atomic mass is 79.9. The van der Waals surface area contributed by atoms with E-state index in [4.69, 9.17) is 4.42 Å². The lowest BCUT2D eigenvalue weighted by atomic mass is 10.1. The smallest absolute Gasteiger partial charge is 0.185 e. The van der Waals surface area contributed by atoms with Crippen molar-refractivity contribution >= 4 is 27.8 Å². The van der Waals surface area contributed by atoms with E-state index in [1.807, 2.05) is 30.3 Å². The Bertz CT molecular complexity index is 846. The summed E-state index contributed by atoms with van der Waals surface area (Å²) in [5.41, 5.74) is 1.39. The van der Waals surface area contributed by atoms with Crippen molar-refractivity contribution in [1.82, 2.24) is 0 Å². The van der Waals surface area contributed by atoms with Crippen molar-refractivity contribution in [2.75, 3.05) is 0 Å². The Kier molecular flexibility index (Phi) is 4.53. The number of ketones is 1. The molecule has 0 aliphatic heterocycles. The number of rotatable bonds is 4. The number of benzene rings is 2. The van der Waals surface area contributed by atoms with E-state index >= 15 is 0 Å². The maximum absolute atomic E-state index is 12.8. The van der Waals surface area contributed by atoms with Crippen LogP contribution < -0.4 is 0 Å². The second-order valence-electron chi connectivity index (χ2n) is 4.91. The highest BCUT2D eigenvalue weighted by molar-refractivity contribution is 9.10. The fraction of sp³-hybridized carbons (Fsp3) is 0. The first-order valence-corrected chi connectivity index (χ1v) is 7.75. The molecular formula is C19H12BrFO2. The minimum Gasteiger partial charge on any atom is -0.457 e. The Balaban J connectivity index is 1.74. The standard InChI is InChI=1S/C19H12BrFO2/c20-15-5-1-14(2-6-15)19-12-10-17(23-19)9-11-18(22)13-3-7-16(21)8-4-13/h1-12H/b11-9+. The van der Waals surface area contributed by atoms with Crippen molar-refractivity contribution in [3.8, 4) is 11.3 Å². The maximum Gasteiger partial charge on any atom is 0.185 e. The van der Waals surface area contributed by atoms with Crippen molar-refractivity contribution in [2.45, 2.75) is 0 Å². The fourth-order valence-electron chi connectivity index (χ4n) is 2.08. The number of allylic oxidation sites excluding steroid dienone is 1. The average Bonchev–Trinajstić information content (AvgIpc) is 3.03. The van der Waals surface area contributed by atoms with Crippen molar-refractivity contribution in [3.63, 3.8) is 0 Å². The van der Waals surface area contributed by atoms with Gasteiger partial charge in [-0.3, -0.25) is 4.79 Å². The molecule has 2 nitrogen and oxygen atoms in total. The number of hydrogen-bond donors (Lipinski definition) is 0. The topological polar surface area (TPSA) is 30.2 Å². The van der Waals surface area contributed by atoms with Crippen LogP contribution in [0.25, 0.3) is 17.4 Å². The molecule has 0 saturated heterocycles. The first kappa shape index (κ1) is 15.4. The molecule has 0 N–H and O–H groups in total. The van der Waals surface area contributed by atoms with E-state index < -0.39 is 0 Å². The molecule has 0 radical (unpaired) electrons. The first-order valence-electron chi connectivity index (χ1n) is 6.95. The monoisotopic (exact) mass is 370 g/mol. The van der Waals surface area contributed by atoms with Crippen LogP contribution in [0.5, 0.6) is 0 Å². The minimum absolute atomic E-state index is 0.202. The normalized spacial score (nSPS) is 11.0. The average molecular weight is 371 g/mol. The third-order valence-corrected chi connectivity index (χ3v) is 3.81. The molecule has 3 rings (SSSR count). The zero-order valence-corrected chi connectivity index (χ0v) is 13.6. The van der Waals surface area contributed by atoms with E-state index in [0.717, 1.165) is 15.8 Å². The predicted octanol–water partition coefficient (Wildman–Crippen LogP) is 5.74. The molecule has 0 atom stereocenters. The van der Waals surface area contributed by atoms with Gasteiger partial charge in [-0.1, -0.05) is 28.1 Å². The lowest BCUT2D eigenvalue weighted by molar-refractivity contribution is 0.104. The first-order chi connectivity index (χ1) is 11.1. The lowest BCUT2D eigenvalue weighted by Gasteiger charge is -1.97. The van der Waals surface area contributed by atoms with Crippen LogP contribution in [-0.2, 0) is 0 Å². The van der Waals surface area contributed by atoms with Gasteiger partial charge in [-0.25, -0.2) is 4.39 Å². The van der Waals surface area contributed by atoms with Gasteiger partial charge >= 0.3 is 0 Å². The lowest BCUT2D eigenvalue weighted by Crippen LogP contribution is -1.93. The molecule has 0 fully saturated rings. The van der Waals surface area contributed by atoms with Gasteiger partial charge in [-0.2, -0.15) is 0 Å². The van der Waals surface area contributed by atoms with Gasteiger partial charge in [0.15, 0.2) is 5.78 Å².